The lowest BCUT2D eigenvalue weighted by atomic mass is 10.0. The van der Waals surface area contributed by atoms with E-state index >= 15 is 0 Å². The van der Waals surface area contributed by atoms with Gasteiger partial charge in [0.1, 0.15) is 11.6 Å². The fourth-order valence-electron chi connectivity index (χ4n) is 3.13. The lowest BCUT2D eigenvalue weighted by Crippen LogP contribution is -2.30. The summed E-state index contributed by atoms with van der Waals surface area (Å²) in [7, 11) is 0. The summed E-state index contributed by atoms with van der Waals surface area (Å²) in [6, 6.07) is 12.1. The average molecular weight is 392 g/mol. The lowest BCUT2D eigenvalue weighted by Gasteiger charge is -2.26. The van der Waals surface area contributed by atoms with Crippen molar-refractivity contribution in [3.63, 3.8) is 0 Å². The molecule has 1 amide bonds. The van der Waals surface area contributed by atoms with Crippen molar-refractivity contribution in [2.24, 2.45) is 0 Å². The smallest absolute Gasteiger partial charge is 0.255 e. The highest BCUT2D eigenvalue weighted by Crippen LogP contribution is 2.35. The molecule has 2 aromatic carbocycles. The zero-order valence-corrected chi connectivity index (χ0v) is 15.1. The Morgan fingerprint density at radius 2 is 2.04 bits per heavy atom. The molecule has 1 aliphatic heterocycles. The minimum Gasteiger partial charge on any atom is -0.494 e. The van der Waals surface area contributed by atoms with Crippen molar-refractivity contribution in [3.05, 3.63) is 63.9 Å². The predicted molar refractivity (Wildman–Crippen MR) is 94.7 cm³/mol. The van der Waals surface area contributed by atoms with Crippen molar-refractivity contribution in [3.8, 4) is 5.75 Å². The lowest BCUT2D eigenvalue weighted by molar-refractivity contribution is 0.0734. The molecule has 3 nitrogen and oxygen atoms in total. The Morgan fingerprint density at radius 1 is 1.29 bits per heavy atom. The van der Waals surface area contributed by atoms with Gasteiger partial charge < -0.3 is 9.64 Å². The Bertz CT molecular complexity index is 733. The van der Waals surface area contributed by atoms with E-state index in [1.807, 2.05) is 36.1 Å². The Morgan fingerprint density at radius 3 is 2.75 bits per heavy atom. The molecule has 126 valence electrons. The molecule has 0 radical (unpaired) electrons. The number of carbonyl (C=O) groups is 1. The van der Waals surface area contributed by atoms with Crippen molar-refractivity contribution in [2.75, 3.05) is 13.2 Å². The van der Waals surface area contributed by atoms with Gasteiger partial charge in [-0.1, -0.05) is 12.1 Å². The zero-order valence-electron chi connectivity index (χ0n) is 13.5. The summed E-state index contributed by atoms with van der Waals surface area (Å²) in [5.74, 6) is 0.279. The molecular weight excluding hydrogens is 373 g/mol. The van der Waals surface area contributed by atoms with Crippen LogP contribution in [-0.2, 0) is 0 Å². The van der Waals surface area contributed by atoms with Gasteiger partial charge in [0.15, 0.2) is 0 Å². The first-order chi connectivity index (χ1) is 11.6. The maximum absolute atomic E-state index is 13.5. The maximum Gasteiger partial charge on any atom is 0.255 e. The van der Waals surface area contributed by atoms with Gasteiger partial charge in [0, 0.05) is 11.0 Å². The van der Waals surface area contributed by atoms with Gasteiger partial charge in [0.25, 0.3) is 5.91 Å². The summed E-state index contributed by atoms with van der Waals surface area (Å²) in [5.41, 5.74) is 1.45. The molecule has 1 heterocycles. The fraction of sp³-hybridized carbons (Fsp3) is 0.316. The quantitative estimate of drug-likeness (QED) is 0.736. The second kappa shape index (κ2) is 7.34. The van der Waals surface area contributed by atoms with Crippen LogP contribution in [0.5, 0.6) is 5.75 Å². The van der Waals surface area contributed by atoms with Crippen molar-refractivity contribution in [1.29, 1.82) is 0 Å². The predicted octanol–water partition coefficient (Wildman–Crippen LogP) is 4.96. The standard InChI is InChI=1S/C19H19BrFNO2/c1-2-24-15-8-5-13(6-9-15)18-4-3-11-22(18)19(23)16-12-14(21)7-10-17(16)20/h5-10,12,18H,2-4,11H2,1H3. The first-order valence-corrected chi connectivity index (χ1v) is 8.88. The Balaban J connectivity index is 1.84. The number of carbonyl (C=O) groups excluding carboxylic acids is 1. The van der Waals surface area contributed by atoms with Crippen LogP contribution in [0, 0.1) is 5.82 Å². The largest absolute Gasteiger partial charge is 0.494 e. The molecule has 0 N–H and O–H groups in total. The molecule has 1 aliphatic rings. The SMILES string of the molecule is CCOc1ccc(C2CCCN2C(=O)c2cc(F)ccc2Br)cc1. The van der Waals surface area contributed by atoms with Gasteiger partial charge in [-0.3, -0.25) is 4.79 Å². The third kappa shape index (κ3) is 3.46. The highest BCUT2D eigenvalue weighted by molar-refractivity contribution is 9.10. The number of benzene rings is 2. The van der Waals surface area contributed by atoms with Crippen LogP contribution < -0.4 is 4.74 Å². The highest BCUT2D eigenvalue weighted by Gasteiger charge is 2.31. The van der Waals surface area contributed by atoms with Crippen molar-refractivity contribution in [1.82, 2.24) is 4.90 Å². The fourth-order valence-corrected chi connectivity index (χ4v) is 3.54. The molecule has 1 fully saturated rings. The summed E-state index contributed by atoms with van der Waals surface area (Å²) >= 11 is 3.35. The van der Waals surface area contributed by atoms with Gasteiger partial charge in [-0.05, 0) is 71.6 Å². The molecular formula is C19H19BrFNO2. The molecule has 3 rings (SSSR count). The van der Waals surface area contributed by atoms with Gasteiger partial charge in [-0.25, -0.2) is 4.39 Å². The molecule has 24 heavy (non-hydrogen) atoms. The third-order valence-corrected chi connectivity index (χ3v) is 4.94. The van der Waals surface area contributed by atoms with Crippen LogP contribution in [0.1, 0.15) is 41.7 Å². The summed E-state index contributed by atoms with van der Waals surface area (Å²) in [6.07, 6.45) is 1.85. The van der Waals surface area contributed by atoms with Gasteiger partial charge in [-0.2, -0.15) is 0 Å². The summed E-state index contributed by atoms with van der Waals surface area (Å²) in [6.45, 7) is 3.25. The van der Waals surface area contributed by atoms with Crippen LogP contribution >= 0.6 is 15.9 Å². The highest BCUT2D eigenvalue weighted by atomic mass is 79.9. The second-order valence-corrected chi connectivity index (χ2v) is 6.64. The zero-order chi connectivity index (χ0) is 17.1. The third-order valence-electron chi connectivity index (χ3n) is 4.25. The van der Waals surface area contributed by atoms with E-state index in [0.29, 0.717) is 23.2 Å². The molecule has 1 unspecified atom stereocenters. The van der Waals surface area contributed by atoms with E-state index in [1.54, 1.807) is 6.07 Å². The molecule has 0 spiro atoms. The summed E-state index contributed by atoms with van der Waals surface area (Å²) in [4.78, 5) is 14.7. The van der Waals surface area contributed by atoms with E-state index in [0.717, 1.165) is 24.2 Å². The Labute approximate surface area is 149 Å². The van der Waals surface area contributed by atoms with Gasteiger partial charge in [-0.15, -0.1) is 0 Å². The number of likely N-dealkylation sites (tertiary alicyclic amines) is 1. The monoisotopic (exact) mass is 391 g/mol. The number of ether oxygens (including phenoxy) is 1. The van der Waals surface area contributed by atoms with Crippen LogP contribution in [-0.4, -0.2) is 24.0 Å². The molecule has 0 saturated carbocycles. The van der Waals surface area contributed by atoms with Gasteiger partial charge in [0.2, 0.25) is 0 Å². The first kappa shape index (κ1) is 17.0. The second-order valence-electron chi connectivity index (χ2n) is 5.78. The van der Waals surface area contributed by atoms with Crippen molar-refractivity contribution < 1.29 is 13.9 Å². The van der Waals surface area contributed by atoms with Crippen molar-refractivity contribution in [2.45, 2.75) is 25.8 Å². The van der Waals surface area contributed by atoms with Crippen LogP contribution in [0.25, 0.3) is 0 Å². The number of rotatable bonds is 4. The molecule has 1 saturated heterocycles. The number of halogens is 2. The van der Waals surface area contributed by atoms with Crippen LogP contribution in [0.3, 0.4) is 0 Å². The summed E-state index contributed by atoms with van der Waals surface area (Å²) in [5, 5.41) is 0. The first-order valence-electron chi connectivity index (χ1n) is 8.09. The van der Waals surface area contributed by atoms with Gasteiger partial charge in [0.05, 0.1) is 18.2 Å². The molecule has 5 heteroatoms. The van der Waals surface area contributed by atoms with Crippen LogP contribution in [0.15, 0.2) is 46.9 Å². The molecule has 1 atom stereocenters. The van der Waals surface area contributed by atoms with E-state index in [1.165, 1.54) is 12.1 Å². The summed E-state index contributed by atoms with van der Waals surface area (Å²) < 4.78 is 19.6. The maximum atomic E-state index is 13.5. The molecule has 0 bridgehead atoms. The van der Waals surface area contributed by atoms with E-state index in [4.69, 9.17) is 4.74 Å². The Hall–Kier alpha value is -1.88. The van der Waals surface area contributed by atoms with E-state index < -0.39 is 5.82 Å². The van der Waals surface area contributed by atoms with Crippen molar-refractivity contribution >= 4 is 21.8 Å². The van der Waals surface area contributed by atoms with Gasteiger partial charge >= 0.3 is 0 Å². The van der Waals surface area contributed by atoms with Crippen LogP contribution in [0.2, 0.25) is 0 Å². The number of hydrogen-bond donors (Lipinski definition) is 0. The number of hydrogen-bond acceptors (Lipinski definition) is 2. The number of amides is 1. The van der Waals surface area contributed by atoms with Crippen LogP contribution in [0.4, 0.5) is 4.39 Å². The van der Waals surface area contributed by atoms with E-state index in [9.17, 15) is 9.18 Å². The minimum atomic E-state index is -0.404. The van der Waals surface area contributed by atoms with E-state index in [-0.39, 0.29) is 11.9 Å². The normalized spacial score (nSPS) is 17.1. The number of nitrogens with zero attached hydrogens (tertiary/aromatic N) is 1. The Kier molecular flexibility index (Phi) is 5.19. The molecule has 0 aromatic heterocycles. The topological polar surface area (TPSA) is 29.5 Å². The molecule has 0 aliphatic carbocycles. The van der Waals surface area contributed by atoms with E-state index in [2.05, 4.69) is 15.9 Å². The molecule has 2 aromatic rings. The minimum absolute atomic E-state index is 0.0170. The average Bonchev–Trinajstić information content (AvgIpc) is 3.07.